The lowest BCUT2D eigenvalue weighted by molar-refractivity contribution is 0.162. The maximum atomic E-state index is 5.92. The lowest BCUT2D eigenvalue weighted by atomic mass is 10.1. The molecule has 16 heavy (non-hydrogen) atoms. The van der Waals surface area contributed by atoms with Crippen LogP contribution in [0.15, 0.2) is 24.4 Å². The van der Waals surface area contributed by atoms with Crippen LogP contribution in [-0.4, -0.2) is 35.1 Å². The van der Waals surface area contributed by atoms with Crippen LogP contribution in [0.25, 0.3) is 0 Å². The molecule has 3 heteroatoms. The fourth-order valence-electron chi connectivity index (χ4n) is 2.12. The molecule has 0 amide bonds. The van der Waals surface area contributed by atoms with E-state index in [1.165, 1.54) is 0 Å². The molecule has 1 saturated heterocycles. The summed E-state index contributed by atoms with van der Waals surface area (Å²) in [7, 11) is 0. The standard InChI is InChI=1S/C13H20N2O/c1-10(2)15-8-11(3)12(9-15)16-13-6-4-5-7-14-13/h4-7,10-12H,8-9H2,1-3H3. The van der Waals surface area contributed by atoms with Crippen LogP contribution in [0.5, 0.6) is 5.88 Å². The molecule has 1 aliphatic heterocycles. The Morgan fingerprint density at radius 3 is 2.75 bits per heavy atom. The predicted molar refractivity (Wildman–Crippen MR) is 64.5 cm³/mol. The van der Waals surface area contributed by atoms with Crippen LogP contribution in [0.2, 0.25) is 0 Å². The zero-order valence-electron chi connectivity index (χ0n) is 10.3. The van der Waals surface area contributed by atoms with E-state index < -0.39 is 0 Å². The van der Waals surface area contributed by atoms with E-state index in [2.05, 4.69) is 30.7 Å². The van der Waals surface area contributed by atoms with Gasteiger partial charge in [-0.3, -0.25) is 4.90 Å². The quantitative estimate of drug-likeness (QED) is 0.780. The third kappa shape index (κ3) is 2.53. The van der Waals surface area contributed by atoms with E-state index in [0.29, 0.717) is 12.0 Å². The minimum Gasteiger partial charge on any atom is -0.473 e. The van der Waals surface area contributed by atoms with Gasteiger partial charge in [-0.2, -0.15) is 0 Å². The van der Waals surface area contributed by atoms with Gasteiger partial charge in [-0.15, -0.1) is 0 Å². The first kappa shape index (κ1) is 11.4. The Morgan fingerprint density at radius 2 is 2.19 bits per heavy atom. The van der Waals surface area contributed by atoms with Gasteiger partial charge in [0.25, 0.3) is 0 Å². The molecule has 2 heterocycles. The zero-order valence-corrected chi connectivity index (χ0v) is 10.3. The van der Waals surface area contributed by atoms with Gasteiger partial charge in [0, 0.05) is 37.3 Å². The van der Waals surface area contributed by atoms with Crippen molar-refractivity contribution >= 4 is 0 Å². The summed E-state index contributed by atoms with van der Waals surface area (Å²) in [6.07, 6.45) is 2.05. The molecule has 0 spiro atoms. The number of pyridine rings is 1. The van der Waals surface area contributed by atoms with Crippen LogP contribution in [0.1, 0.15) is 20.8 Å². The Bertz CT molecular complexity index is 326. The molecule has 2 unspecified atom stereocenters. The van der Waals surface area contributed by atoms with E-state index in [4.69, 9.17) is 4.74 Å². The highest BCUT2D eigenvalue weighted by Crippen LogP contribution is 2.22. The van der Waals surface area contributed by atoms with Gasteiger partial charge in [-0.05, 0) is 19.9 Å². The van der Waals surface area contributed by atoms with Crippen molar-refractivity contribution in [3.8, 4) is 5.88 Å². The fraction of sp³-hybridized carbons (Fsp3) is 0.615. The van der Waals surface area contributed by atoms with Crippen LogP contribution >= 0.6 is 0 Å². The molecule has 1 aromatic heterocycles. The Balaban J connectivity index is 1.96. The number of hydrogen-bond acceptors (Lipinski definition) is 3. The van der Waals surface area contributed by atoms with Crippen molar-refractivity contribution in [1.29, 1.82) is 0 Å². The lowest BCUT2D eigenvalue weighted by Gasteiger charge is -2.20. The van der Waals surface area contributed by atoms with E-state index in [-0.39, 0.29) is 6.10 Å². The second-order valence-electron chi connectivity index (χ2n) is 4.85. The first-order valence-electron chi connectivity index (χ1n) is 5.98. The average molecular weight is 220 g/mol. The Hall–Kier alpha value is -1.09. The van der Waals surface area contributed by atoms with Gasteiger partial charge >= 0.3 is 0 Å². The van der Waals surface area contributed by atoms with Gasteiger partial charge in [0.15, 0.2) is 0 Å². The molecule has 2 atom stereocenters. The number of likely N-dealkylation sites (tertiary alicyclic amines) is 1. The Morgan fingerprint density at radius 1 is 1.38 bits per heavy atom. The predicted octanol–water partition coefficient (Wildman–Crippen LogP) is 2.19. The number of nitrogens with zero attached hydrogens (tertiary/aromatic N) is 2. The average Bonchev–Trinajstić information content (AvgIpc) is 2.62. The van der Waals surface area contributed by atoms with Crippen molar-refractivity contribution in [3.05, 3.63) is 24.4 Å². The molecule has 0 N–H and O–H groups in total. The van der Waals surface area contributed by atoms with Crippen LogP contribution in [0.4, 0.5) is 0 Å². The fourth-order valence-corrected chi connectivity index (χ4v) is 2.12. The van der Waals surface area contributed by atoms with Crippen molar-refractivity contribution in [3.63, 3.8) is 0 Å². The van der Waals surface area contributed by atoms with Crippen molar-refractivity contribution in [2.24, 2.45) is 5.92 Å². The summed E-state index contributed by atoms with van der Waals surface area (Å²) in [6, 6.07) is 6.39. The molecule has 0 aromatic carbocycles. The summed E-state index contributed by atoms with van der Waals surface area (Å²) in [4.78, 5) is 6.66. The normalized spacial score (nSPS) is 26.2. The summed E-state index contributed by atoms with van der Waals surface area (Å²) in [5.74, 6) is 1.31. The molecule has 0 radical (unpaired) electrons. The molecule has 0 bridgehead atoms. The van der Waals surface area contributed by atoms with E-state index in [1.807, 2.05) is 18.2 Å². The van der Waals surface area contributed by atoms with E-state index in [9.17, 15) is 0 Å². The highest BCUT2D eigenvalue weighted by atomic mass is 16.5. The number of hydrogen-bond donors (Lipinski definition) is 0. The second-order valence-corrected chi connectivity index (χ2v) is 4.85. The van der Waals surface area contributed by atoms with Gasteiger partial charge in [0.2, 0.25) is 5.88 Å². The number of aromatic nitrogens is 1. The van der Waals surface area contributed by atoms with E-state index >= 15 is 0 Å². The van der Waals surface area contributed by atoms with Crippen molar-refractivity contribution < 1.29 is 4.74 Å². The van der Waals surface area contributed by atoms with Gasteiger partial charge < -0.3 is 4.74 Å². The summed E-state index contributed by atoms with van der Waals surface area (Å²) in [6.45, 7) is 8.84. The third-order valence-electron chi connectivity index (χ3n) is 3.21. The third-order valence-corrected chi connectivity index (χ3v) is 3.21. The zero-order chi connectivity index (χ0) is 11.5. The lowest BCUT2D eigenvalue weighted by Crippen LogP contribution is -2.30. The molecule has 0 aliphatic carbocycles. The highest BCUT2D eigenvalue weighted by Gasteiger charge is 2.32. The molecule has 3 nitrogen and oxygen atoms in total. The SMILES string of the molecule is CC1CN(C(C)C)CC1Oc1ccccn1. The molecule has 2 rings (SSSR count). The topological polar surface area (TPSA) is 25.4 Å². The minimum atomic E-state index is 0.275. The molecule has 0 saturated carbocycles. The molecular weight excluding hydrogens is 200 g/mol. The monoisotopic (exact) mass is 220 g/mol. The van der Waals surface area contributed by atoms with Crippen LogP contribution in [0.3, 0.4) is 0 Å². The molecule has 1 aromatic rings. The minimum absolute atomic E-state index is 0.275. The Kier molecular flexibility index (Phi) is 3.44. The number of ether oxygens (including phenoxy) is 1. The van der Waals surface area contributed by atoms with Crippen molar-refractivity contribution in [1.82, 2.24) is 9.88 Å². The van der Waals surface area contributed by atoms with Crippen molar-refractivity contribution in [2.45, 2.75) is 32.9 Å². The summed E-state index contributed by atoms with van der Waals surface area (Å²) in [5, 5.41) is 0. The van der Waals surface area contributed by atoms with Crippen molar-refractivity contribution in [2.75, 3.05) is 13.1 Å². The molecular formula is C13H20N2O. The number of rotatable bonds is 3. The molecule has 88 valence electrons. The van der Waals surface area contributed by atoms with Gasteiger partial charge in [-0.25, -0.2) is 4.98 Å². The smallest absolute Gasteiger partial charge is 0.213 e. The maximum absolute atomic E-state index is 5.92. The second kappa shape index (κ2) is 4.83. The Labute approximate surface area is 97.4 Å². The van der Waals surface area contributed by atoms with Gasteiger partial charge in [-0.1, -0.05) is 13.0 Å². The van der Waals surface area contributed by atoms with Gasteiger partial charge in [0.05, 0.1) is 0 Å². The summed E-state index contributed by atoms with van der Waals surface area (Å²) in [5.41, 5.74) is 0. The van der Waals surface area contributed by atoms with Crippen LogP contribution in [-0.2, 0) is 0 Å². The maximum Gasteiger partial charge on any atom is 0.213 e. The van der Waals surface area contributed by atoms with Crippen LogP contribution < -0.4 is 4.74 Å². The molecule has 1 aliphatic rings. The first-order valence-corrected chi connectivity index (χ1v) is 5.98. The summed E-state index contributed by atoms with van der Waals surface area (Å²) >= 11 is 0. The van der Waals surface area contributed by atoms with Crippen LogP contribution in [0, 0.1) is 5.92 Å². The summed E-state index contributed by atoms with van der Waals surface area (Å²) < 4.78 is 5.92. The van der Waals surface area contributed by atoms with E-state index in [1.54, 1.807) is 6.20 Å². The highest BCUT2D eigenvalue weighted by molar-refractivity contribution is 5.10. The molecule has 1 fully saturated rings. The first-order chi connectivity index (χ1) is 7.66. The van der Waals surface area contributed by atoms with Gasteiger partial charge in [0.1, 0.15) is 6.10 Å². The van der Waals surface area contributed by atoms with E-state index in [0.717, 1.165) is 19.0 Å². The largest absolute Gasteiger partial charge is 0.473 e.